The fourth-order valence-electron chi connectivity index (χ4n) is 2.27. The molecule has 1 saturated carbocycles. The van der Waals surface area contributed by atoms with E-state index in [2.05, 4.69) is 12.2 Å². The van der Waals surface area contributed by atoms with Crippen molar-refractivity contribution in [2.24, 2.45) is 5.92 Å². The molecule has 0 aromatic rings. The third-order valence-corrected chi connectivity index (χ3v) is 2.99. The van der Waals surface area contributed by atoms with E-state index in [9.17, 15) is 4.79 Å². The van der Waals surface area contributed by atoms with Gasteiger partial charge in [0.25, 0.3) is 0 Å². The lowest BCUT2D eigenvalue weighted by molar-refractivity contribution is -0.128. The zero-order valence-electron chi connectivity index (χ0n) is 7.55. The Bertz CT molecular complexity index is 193. The first kappa shape index (κ1) is 8.05. The summed E-state index contributed by atoms with van der Waals surface area (Å²) in [5.41, 5.74) is 0. The van der Waals surface area contributed by atoms with Crippen molar-refractivity contribution in [1.82, 2.24) is 10.2 Å². The number of nitrogens with zero attached hydrogens (tertiary/aromatic N) is 1. The molecule has 1 aliphatic heterocycles. The first-order chi connectivity index (χ1) is 5.77. The van der Waals surface area contributed by atoms with Crippen molar-refractivity contribution in [2.75, 3.05) is 13.2 Å². The number of amides is 1. The molecule has 0 aromatic carbocycles. The van der Waals surface area contributed by atoms with Gasteiger partial charge in [-0.2, -0.15) is 0 Å². The Kier molecular flexibility index (Phi) is 2.05. The van der Waals surface area contributed by atoms with Crippen molar-refractivity contribution < 1.29 is 4.79 Å². The van der Waals surface area contributed by atoms with E-state index in [-0.39, 0.29) is 5.91 Å². The second-order valence-corrected chi connectivity index (χ2v) is 4.02. The van der Waals surface area contributed by atoms with Crippen LogP contribution >= 0.6 is 0 Å². The zero-order chi connectivity index (χ0) is 8.55. The number of carbonyl (C=O) groups excluding carboxylic acids is 1. The molecule has 2 unspecified atom stereocenters. The lowest BCUT2D eigenvalue weighted by Gasteiger charge is -2.22. The second-order valence-electron chi connectivity index (χ2n) is 4.02. The van der Waals surface area contributed by atoms with Crippen LogP contribution in [0.2, 0.25) is 0 Å². The molecule has 0 aromatic heterocycles. The Balaban J connectivity index is 1.96. The predicted molar refractivity (Wildman–Crippen MR) is 46.5 cm³/mol. The second kappa shape index (κ2) is 3.05. The van der Waals surface area contributed by atoms with Gasteiger partial charge in [-0.3, -0.25) is 10.1 Å². The molecule has 1 saturated heterocycles. The minimum absolute atomic E-state index is 0.286. The Morgan fingerprint density at radius 2 is 2.33 bits per heavy atom. The molecule has 68 valence electrons. The van der Waals surface area contributed by atoms with Crippen molar-refractivity contribution in [3.05, 3.63) is 0 Å². The Labute approximate surface area is 73.1 Å². The molecule has 0 radical (unpaired) electrons. The van der Waals surface area contributed by atoms with Crippen LogP contribution in [0.4, 0.5) is 0 Å². The predicted octanol–water partition coefficient (Wildman–Crippen LogP) is 0.564. The average molecular weight is 168 g/mol. The van der Waals surface area contributed by atoms with Gasteiger partial charge in [-0.15, -0.1) is 0 Å². The molecule has 2 aliphatic rings. The van der Waals surface area contributed by atoms with Gasteiger partial charge in [-0.25, -0.2) is 0 Å². The molecular formula is C9H16N2O. The van der Waals surface area contributed by atoms with Crippen LogP contribution in [0.1, 0.15) is 26.2 Å². The summed E-state index contributed by atoms with van der Waals surface area (Å²) in [6.45, 7) is 3.59. The standard InChI is InChI=1S/C9H16N2O/c1-7-2-3-8(4-7)11-6-10-5-9(11)12/h7-8,10H,2-6H2,1H3. The average Bonchev–Trinajstić information content (AvgIpc) is 2.58. The van der Waals surface area contributed by atoms with Crippen LogP contribution in [0.25, 0.3) is 0 Å². The Hall–Kier alpha value is -0.570. The maximum Gasteiger partial charge on any atom is 0.237 e. The highest BCUT2D eigenvalue weighted by atomic mass is 16.2. The van der Waals surface area contributed by atoms with Gasteiger partial charge < -0.3 is 4.90 Å². The monoisotopic (exact) mass is 168 g/mol. The summed E-state index contributed by atoms with van der Waals surface area (Å²) in [7, 11) is 0. The summed E-state index contributed by atoms with van der Waals surface area (Å²) >= 11 is 0. The van der Waals surface area contributed by atoms with Crippen molar-refractivity contribution in [3.8, 4) is 0 Å². The molecule has 1 heterocycles. The first-order valence-electron chi connectivity index (χ1n) is 4.77. The van der Waals surface area contributed by atoms with Gasteiger partial charge in [-0.05, 0) is 25.2 Å². The van der Waals surface area contributed by atoms with Crippen LogP contribution in [0.3, 0.4) is 0 Å². The molecular weight excluding hydrogens is 152 g/mol. The zero-order valence-corrected chi connectivity index (χ0v) is 7.55. The maximum atomic E-state index is 11.3. The molecule has 3 heteroatoms. The van der Waals surface area contributed by atoms with E-state index >= 15 is 0 Å². The van der Waals surface area contributed by atoms with Crippen molar-refractivity contribution >= 4 is 5.91 Å². The van der Waals surface area contributed by atoms with E-state index in [0.717, 1.165) is 12.6 Å². The largest absolute Gasteiger partial charge is 0.326 e. The summed E-state index contributed by atoms with van der Waals surface area (Å²) < 4.78 is 0. The van der Waals surface area contributed by atoms with Crippen LogP contribution in [0.15, 0.2) is 0 Å². The van der Waals surface area contributed by atoms with Crippen LogP contribution in [-0.4, -0.2) is 30.1 Å². The van der Waals surface area contributed by atoms with E-state index in [1.54, 1.807) is 0 Å². The summed E-state index contributed by atoms with van der Waals surface area (Å²) in [4.78, 5) is 13.3. The summed E-state index contributed by atoms with van der Waals surface area (Å²) in [5, 5.41) is 3.09. The highest BCUT2D eigenvalue weighted by Gasteiger charge is 2.32. The highest BCUT2D eigenvalue weighted by Crippen LogP contribution is 2.29. The van der Waals surface area contributed by atoms with Crippen molar-refractivity contribution in [3.63, 3.8) is 0 Å². The van der Waals surface area contributed by atoms with Gasteiger partial charge in [0.05, 0.1) is 13.2 Å². The minimum atomic E-state index is 0.286. The Morgan fingerprint density at radius 3 is 2.83 bits per heavy atom. The minimum Gasteiger partial charge on any atom is -0.326 e. The lowest BCUT2D eigenvalue weighted by Crippen LogP contribution is -2.35. The SMILES string of the molecule is CC1CCC(N2CNCC2=O)C1. The van der Waals surface area contributed by atoms with Gasteiger partial charge in [0, 0.05) is 6.04 Å². The molecule has 1 N–H and O–H groups in total. The molecule has 12 heavy (non-hydrogen) atoms. The lowest BCUT2D eigenvalue weighted by atomic mass is 10.1. The van der Waals surface area contributed by atoms with E-state index in [4.69, 9.17) is 0 Å². The summed E-state index contributed by atoms with van der Waals surface area (Å²) in [5.74, 6) is 1.09. The summed E-state index contributed by atoms with van der Waals surface area (Å²) in [6, 6.07) is 0.530. The molecule has 0 spiro atoms. The third-order valence-electron chi connectivity index (χ3n) is 2.99. The fourth-order valence-corrected chi connectivity index (χ4v) is 2.27. The van der Waals surface area contributed by atoms with Gasteiger partial charge >= 0.3 is 0 Å². The first-order valence-corrected chi connectivity index (χ1v) is 4.77. The fraction of sp³-hybridized carbons (Fsp3) is 0.889. The van der Waals surface area contributed by atoms with E-state index in [0.29, 0.717) is 12.6 Å². The van der Waals surface area contributed by atoms with E-state index in [1.807, 2.05) is 4.90 Å². The maximum absolute atomic E-state index is 11.3. The molecule has 2 fully saturated rings. The number of hydrogen-bond donors (Lipinski definition) is 1. The molecule has 1 aliphatic carbocycles. The van der Waals surface area contributed by atoms with E-state index < -0.39 is 0 Å². The Morgan fingerprint density at radius 1 is 1.50 bits per heavy atom. The van der Waals surface area contributed by atoms with Crippen LogP contribution in [0, 0.1) is 5.92 Å². The molecule has 0 bridgehead atoms. The molecule has 1 amide bonds. The van der Waals surface area contributed by atoms with Gasteiger partial charge in [0.15, 0.2) is 0 Å². The van der Waals surface area contributed by atoms with Gasteiger partial charge in [0.2, 0.25) is 5.91 Å². The van der Waals surface area contributed by atoms with Crippen molar-refractivity contribution in [1.29, 1.82) is 0 Å². The van der Waals surface area contributed by atoms with Crippen molar-refractivity contribution in [2.45, 2.75) is 32.2 Å². The normalized spacial score (nSPS) is 36.4. The quantitative estimate of drug-likeness (QED) is 0.620. The topological polar surface area (TPSA) is 32.3 Å². The molecule has 2 rings (SSSR count). The number of nitrogens with one attached hydrogen (secondary N) is 1. The van der Waals surface area contributed by atoms with Gasteiger partial charge in [0.1, 0.15) is 0 Å². The number of rotatable bonds is 1. The molecule has 3 nitrogen and oxygen atoms in total. The van der Waals surface area contributed by atoms with Crippen LogP contribution < -0.4 is 5.32 Å². The smallest absolute Gasteiger partial charge is 0.237 e. The van der Waals surface area contributed by atoms with Crippen LogP contribution in [0.5, 0.6) is 0 Å². The summed E-state index contributed by atoms with van der Waals surface area (Å²) in [6.07, 6.45) is 3.69. The van der Waals surface area contributed by atoms with E-state index in [1.165, 1.54) is 19.3 Å². The highest BCUT2D eigenvalue weighted by molar-refractivity contribution is 5.80. The number of hydrogen-bond acceptors (Lipinski definition) is 2. The third kappa shape index (κ3) is 1.33. The van der Waals surface area contributed by atoms with Crippen LogP contribution in [-0.2, 0) is 4.79 Å². The molecule has 2 atom stereocenters. The number of carbonyl (C=O) groups is 1. The van der Waals surface area contributed by atoms with Gasteiger partial charge in [-0.1, -0.05) is 6.92 Å².